The van der Waals surface area contributed by atoms with Crippen LogP contribution >= 0.6 is 34.3 Å². The molecule has 6 atom stereocenters. The Balaban J connectivity index is 0.659. The molecule has 4 saturated heterocycles. The molecule has 3 amide bonds. The Morgan fingerprint density at radius 3 is 2.38 bits per heavy atom. The summed E-state index contributed by atoms with van der Waals surface area (Å²) in [6.45, 7) is 9.79. The SMILES string of the molecule is Cc1ncsc1-c1ccc(CNC(=O)[C@@H]2C[C@@H](O)CN2C(=O)[C@@H](NC(=O)CC2CC(C3CCN(C[C@@]4(COc5nc(N6C[C@H]7CC[C@@H](C6)N7)c6cc(Cl)c(-c7ccc(F)c8sc(N)c(C#N)c78)c(F)c6n5)CC4(F)F)CC3)C2)C(C)(C)C)cc1. The number of piperidine rings is 1. The first kappa shape index (κ1) is 58.2. The fourth-order valence-electron chi connectivity index (χ4n) is 13.8. The molecule has 3 aromatic carbocycles. The maximum Gasteiger partial charge on any atom is 0.319 e. The van der Waals surface area contributed by atoms with E-state index in [0.717, 1.165) is 71.6 Å². The average Bonchev–Trinajstić information content (AvgIpc) is 1.62. The number of benzene rings is 3. The summed E-state index contributed by atoms with van der Waals surface area (Å²) in [6.07, 6.45) is 4.24. The number of aliphatic hydroxyl groups is 1. The predicted octanol–water partition coefficient (Wildman–Crippen LogP) is 9.61. The number of nitrogen functional groups attached to an aromatic ring is 1. The monoisotopic (exact) mass is 1210 g/mol. The van der Waals surface area contributed by atoms with Gasteiger partial charge in [-0.1, -0.05) is 62.7 Å². The Kier molecular flexibility index (Phi) is 15.6. The number of halogens is 5. The van der Waals surface area contributed by atoms with E-state index in [2.05, 4.69) is 30.8 Å². The van der Waals surface area contributed by atoms with E-state index in [1.807, 2.05) is 62.9 Å². The lowest BCUT2D eigenvalue weighted by molar-refractivity contribution is -0.144. The number of nitrogens with one attached hydrogen (secondary N) is 3. The standard InChI is InChI=1S/C61H68ClF4N11O5S2/c1-31-51(83-30-70-31)35-7-5-32(6-8-35)23-69-56(80)45-20-39(78)26-77(45)57(81)53(59(2,3)4)72-46(79)19-33-17-36(18-33)34-13-15-75(16-14-34)28-60(27-61(60,65)66)29-82-58-73-50-41(55(74-58)76-24-37-9-10-38(25-76)71-37)21-43(62)48(49(50)64)40-11-12-44(63)52-47(40)42(22-67)54(68)84-52/h5-8,11-12,21,30,33-34,36-39,45,53,71,78H,9-10,13-20,23-29,68H2,1-4H3,(H,69,80)(H,72,79)/t33?,36?,37-,38+,39-,45+,53-,60-/m1/s1. The molecular weight excluding hydrogens is 1140 g/mol. The summed E-state index contributed by atoms with van der Waals surface area (Å²) >= 11 is 9.37. The zero-order valence-corrected chi connectivity index (χ0v) is 49.6. The van der Waals surface area contributed by atoms with E-state index in [1.54, 1.807) is 22.9 Å². The Morgan fingerprint density at radius 1 is 1.01 bits per heavy atom. The molecule has 12 rings (SSSR count). The number of nitrogens with zero attached hydrogens (tertiary/aromatic N) is 7. The number of β-amino-alcohol motifs (C(OH)–C–C–N with tert-alkyl or cyclic N) is 1. The highest BCUT2D eigenvalue weighted by molar-refractivity contribution is 7.23. The minimum Gasteiger partial charge on any atom is -0.463 e. The van der Waals surface area contributed by atoms with Crippen molar-refractivity contribution in [1.29, 1.82) is 5.26 Å². The summed E-state index contributed by atoms with van der Waals surface area (Å²) in [7, 11) is 0. The lowest BCUT2D eigenvalue weighted by atomic mass is 9.65. The number of fused-ring (bicyclic) bond motifs is 4. The van der Waals surface area contributed by atoms with Crippen molar-refractivity contribution in [3.8, 4) is 33.6 Å². The smallest absolute Gasteiger partial charge is 0.319 e. The number of ether oxygens (including phenoxy) is 1. The Labute approximate surface area is 497 Å². The molecule has 2 aliphatic carbocycles. The van der Waals surface area contributed by atoms with Gasteiger partial charge in [0.15, 0.2) is 5.82 Å². The van der Waals surface area contributed by atoms with Gasteiger partial charge in [0.1, 0.15) is 46.9 Å². The summed E-state index contributed by atoms with van der Waals surface area (Å²) in [5.41, 5.74) is 8.46. The predicted molar refractivity (Wildman–Crippen MR) is 316 cm³/mol. The van der Waals surface area contributed by atoms with Crippen LogP contribution in [0, 0.1) is 58.5 Å². The van der Waals surface area contributed by atoms with Crippen LogP contribution < -0.4 is 31.3 Å². The normalized spacial score (nSPS) is 25.4. The number of anilines is 2. The number of piperazine rings is 1. The van der Waals surface area contributed by atoms with Gasteiger partial charge in [0.25, 0.3) is 5.92 Å². The quantitative estimate of drug-likeness (QED) is 0.0572. The summed E-state index contributed by atoms with van der Waals surface area (Å²) in [5.74, 6) is -4.33. The molecule has 84 heavy (non-hydrogen) atoms. The van der Waals surface area contributed by atoms with E-state index < -0.39 is 65.5 Å². The van der Waals surface area contributed by atoms with Gasteiger partial charge in [0, 0.05) is 80.4 Å². The number of aromatic nitrogens is 3. The molecule has 16 nitrogen and oxygen atoms in total. The van der Waals surface area contributed by atoms with E-state index >= 15 is 17.6 Å². The largest absolute Gasteiger partial charge is 0.463 e. The van der Waals surface area contributed by atoms with Crippen LogP contribution in [0.25, 0.3) is 42.6 Å². The van der Waals surface area contributed by atoms with Crippen LogP contribution in [0.5, 0.6) is 6.01 Å². The summed E-state index contributed by atoms with van der Waals surface area (Å²) in [6, 6.07) is 12.2. The summed E-state index contributed by atoms with van der Waals surface area (Å²) in [5, 5.41) is 30.8. The van der Waals surface area contributed by atoms with Crippen LogP contribution in [0.1, 0.15) is 95.4 Å². The number of carbonyl (C=O) groups excluding carboxylic acids is 3. The van der Waals surface area contributed by atoms with Gasteiger partial charge in [0.05, 0.1) is 42.9 Å². The van der Waals surface area contributed by atoms with E-state index in [4.69, 9.17) is 27.1 Å². The number of rotatable bonds is 16. The molecule has 4 aliphatic heterocycles. The third-order valence-corrected chi connectivity index (χ3v) is 20.8. The zero-order chi connectivity index (χ0) is 59.1. The van der Waals surface area contributed by atoms with Crippen molar-refractivity contribution >= 4 is 83.8 Å². The molecule has 0 spiro atoms. The number of aliphatic hydroxyl groups excluding tert-OH is 1. The first-order valence-electron chi connectivity index (χ1n) is 29.0. The number of nitriles is 1. The van der Waals surface area contributed by atoms with Gasteiger partial charge in [0.2, 0.25) is 17.7 Å². The van der Waals surface area contributed by atoms with E-state index in [-0.39, 0.29) is 111 Å². The second-order valence-electron chi connectivity index (χ2n) is 25.4. The van der Waals surface area contributed by atoms with Crippen LogP contribution in [0.4, 0.5) is 28.4 Å². The molecule has 3 aromatic heterocycles. The molecule has 444 valence electrons. The minimum atomic E-state index is -3.02. The average molecular weight is 1210 g/mol. The maximum atomic E-state index is 17.3. The number of thiophene rings is 1. The number of hydrogen-bond acceptors (Lipinski definition) is 15. The molecule has 7 heterocycles. The van der Waals surface area contributed by atoms with Gasteiger partial charge < -0.3 is 46.2 Å². The van der Waals surface area contributed by atoms with Crippen LogP contribution in [-0.2, 0) is 20.9 Å². The van der Waals surface area contributed by atoms with E-state index in [1.165, 1.54) is 17.0 Å². The highest BCUT2D eigenvalue weighted by Crippen LogP contribution is 2.61. The highest BCUT2D eigenvalue weighted by Gasteiger charge is 2.72. The number of alkyl halides is 2. The van der Waals surface area contributed by atoms with Crippen molar-refractivity contribution in [3.05, 3.63) is 81.5 Å². The molecule has 23 heteroatoms. The fourth-order valence-corrected chi connectivity index (χ4v) is 15.8. The van der Waals surface area contributed by atoms with Crippen molar-refractivity contribution in [2.24, 2.45) is 28.6 Å². The fraction of sp³-hybridized carbons (Fsp3) is 0.525. The minimum absolute atomic E-state index is 0.00201. The van der Waals surface area contributed by atoms with Gasteiger partial charge in [-0.25, -0.2) is 22.5 Å². The molecular formula is C61H68ClF4N11O5S2. The molecule has 6 fully saturated rings. The number of aryl methyl sites for hydroxylation is 1. The molecule has 0 unspecified atom stereocenters. The van der Waals surface area contributed by atoms with Crippen LogP contribution in [0.15, 0.2) is 48.0 Å². The van der Waals surface area contributed by atoms with Crippen LogP contribution in [0.2, 0.25) is 5.02 Å². The number of nitrogens with two attached hydrogens (primary N) is 1. The Bertz CT molecular complexity index is 3590. The van der Waals surface area contributed by atoms with Gasteiger partial charge >= 0.3 is 6.01 Å². The first-order chi connectivity index (χ1) is 40.1. The third-order valence-electron chi connectivity index (χ3n) is 18.5. The summed E-state index contributed by atoms with van der Waals surface area (Å²) < 4.78 is 70.1. The van der Waals surface area contributed by atoms with Crippen molar-refractivity contribution in [2.75, 3.05) is 56.5 Å². The van der Waals surface area contributed by atoms with Crippen LogP contribution in [0.3, 0.4) is 0 Å². The number of likely N-dealkylation sites (tertiary alicyclic amines) is 2. The molecule has 0 radical (unpaired) electrons. The molecule has 2 saturated carbocycles. The number of amides is 3. The molecule has 6 aliphatic rings. The van der Waals surface area contributed by atoms with Crippen molar-refractivity contribution in [2.45, 2.75) is 128 Å². The third kappa shape index (κ3) is 11.2. The lowest BCUT2D eigenvalue weighted by Crippen LogP contribution is -2.58. The summed E-state index contributed by atoms with van der Waals surface area (Å²) in [4.78, 5) is 61.9. The van der Waals surface area contributed by atoms with Gasteiger partial charge in [-0.05, 0) is 111 Å². The number of carbonyl (C=O) groups is 3. The second-order valence-corrected chi connectivity index (χ2v) is 27.7. The Hall–Kier alpha value is -6.22. The van der Waals surface area contributed by atoms with Crippen molar-refractivity contribution < 1.29 is 41.8 Å². The topological polar surface area (TPSA) is 215 Å². The zero-order valence-electron chi connectivity index (χ0n) is 47.3. The van der Waals surface area contributed by atoms with Crippen LogP contribution in [-0.4, -0.2) is 130 Å². The lowest BCUT2D eigenvalue weighted by Gasteiger charge is -2.44. The van der Waals surface area contributed by atoms with Gasteiger partial charge in [-0.2, -0.15) is 15.2 Å². The molecule has 2 bridgehead atoms. The Morgan fingerprint density at radius 2 is 1.73 bits per heavy atom. The van der Waals surface area contributed by atoms with Crippen molar-refractivity contribution in [3.63, 3.8) is 0 Å². The maximum absolute atomic E-state index is 17.3. The highest BCUT2D eigenvalue weighted by atomic mass is 35.5. The number of hydrogen-bond donors (Lipinski definition) is 5. The van der Waals surface area contributed by atoms with Gasteiger partial charge in [-0.3, -0.25) is 14.4 Å². The van der Waals surface area contributed by atoms with E-state index in [9.17, 15) is 24.8 Å². The van der Waals surface area contributed by atoms with Crippen molar-refractivity contribution in [1.82, 2.24) is 40.7 Å². The molecule has 6 aromatic rings. The molecule has 6 N–H and O–H groups in total. The van der Waals surface area contributed by atoms with E-state index in [0.29, 0.717) is 49.2 Å². The van der Waals surface area contributed by atoms with Gasteiger partial charge in [-0.15, -0.1) is 22.7 Å². The first-order valence-corrected chi connectivity index (χ1v) is 31.0. The number of thiazole rings is 1. The second kappa shape index (κ2) is 22.6.